The van der Waals surface area contributed by atoms with Crippen molar-refractivity contribution >= 4 is 45.1 Å². The molecule has 138 valence electrons. The first-order valence-electron chi connectivity index (χ1n) is 8.48. The quantitative estimate of drug-likeness (QED) is 0.287. The van der Waals surface area contributed by atoms with Crippen molar-refractivity contribution in [2.24, 2.45) is 0 Å². The maximum atomic E-state index is 12.4. The summed E-state index contributed by atoms with van der Waals surface area (Å²) in [7, 11) is 0. The fourth-order valence-electron chi connectivity index (χ4n) is 2.66. The molecule has 0 radical (unpaired) electrons. The van der Waals surface area contributed by atoms with Gasteiger partial charge in [0.05, 0.1) is 5.69 Å². The second kappa shape index (κ2) is 7.69. The summed E-state index contributed by atoms with van der Waals surface area (Å²) < 4.78 is 2.35. The molecule has 0 bridgehead atoms. The van der Waals surface area contributed by atoms with Gasteiger partial charge in [0.25, 0.3) is 5.78 Å². The highest BCUT2D eigenvalue weighted by Crippen LogP contribution is 2.18. The Morgan fingerprint density at radius 3 is 2.75 bits per heavy atom. The van der Waals surface area contributed by atoms with E-state index in [9.17, 15) is 4.79 Å². The summed E-state index contributed by atoms with van der Waals surface area (Å²) in [5.41, 5.74) is 2.97. The summed E-state index contributed by atoms with van der Waals surface area (Å²) in [6.45, 7) is 1.90. The number of nitrogens with zero attached hydrogens (tertiary/aromatic N) is 5. The standard InChI is InChI=1S/C20H15BrN6O/c1-13-11-19(27-20(24-13)22-12-23-27)26-16-7-5-14(6-8-16)17(28)10-9-15-3-2-4-18(21)25-15/h2-12,26H,1H3/b10-9+. The van der Waals surface area contributed by atoms with Crippen molar-refractivity contribution in [2.75, 3.05) is 5.32 Å². The zero-order chi connectivity index (χ0) is 19.5. The van der Waals surface area contributed by atoms with Gasteiger partial charge in [0.1, 0.15) is 16.7 Å². The highest BCUT2D eigenvalue weighted by atomic mass is 79.9. The fraction of sp³-hybridized carbons (Fsp3) is 0.0500. The molecule has 1 N–H and O–H groups in total. The molecule has 0 aliphatic rings. The van der Waals surface area contributed by atoms with Gasteiger partial charge in [-0.05, 0) is 71.4 Å². The number of anilines is 2. The predicted molar refractivity (Wildman–Crippen MR) is 111 cm³/mol. The number of hydrogen-bond acceptors (Lipinski definition) is 6. The number of aryl methyl sites for hydroxylation is 1. The van der Waals surface area contributed by atoms with Gasteiger partial charge in [0, 0.05) is 23.0 Å². The van der Waals surface area contributed by atoms with Crippen LogP contribution in [0.5, 0.6) is 0 Å². The third kappa shape index (κ3) is 3.96. The largest absolute Gasteiger partial charge is 0.340 e. The number of ketones is 1. The number of nitrogens with one attached hydrogen (secondary N) is 1. The van der Waals surface area contributed by atoms with Crippen LogP contribution >= 0.6 is 15.9 Å². The molecule has 3 heterocycles. The third-order valence-electron chi connectivity index (χ3n) is 3.96. The number of carbonyl (C=O) groups is 1. The molecule has 4 aromatic rings. The van der Waals surface area contributed by atoms with Crippen LogP contribution in [0.2, 0.25) is 0 Å². The summed E-state index contributed by atoms with van der Waals surface area (Å²) in [5.74, 6) is 1.19. The smallest absolute Gasteiger partial charge is 0.254 e. The lowest BCUT2D eigenvalue weighted by molar-refractivity contribution is 0.104. The van der Waals surface area contributed by atoms with Crippen LogP contribution in [0.3, 0.4) is 0 Å². The van der Waals surface area contributed by atoms with Gasteiger partial charge in [0.15, 0.2) is 5.78 Å². The average Bonchev–Trinajstić information content (AvgIpc) is 3.15. The Bertz CT molecular complexity index is 1180. The van der Waals surface area contributed by atoms with Crippen LogP contribution in [0.25, 0.3) is 11.9 Å². The first-order valence-corrected chi connectivity index (χ1v) is 9.27. The van der Waals surface area contributed by atoms with Gasteiger partial charge in [-0.25, -0.2) is 9.97 Å². The maximum Gasteiger partial charge on any atom is 0.254 e. The molecule has 0 spiro atoms. The molecule has 8 heteroatoms. The molecule has 0 saturated heterocycles. The molecule has 0 saturated carbocycles. The Balaban J connectivity index is 1.50. The minimum atomic E-state index is -0.0910. The van der Waals surface area contributed by atoms with E-state index in [1.165, 1.54) is 12.4 Å². The molecular weight excluding hydrogens is 420 g/mol. The summed E-state index contributed by atoms with van der Waals surface area (Å²) >= 11 is 3.32. The lowest BCUT2D eigenvalue weighted by Gasteiger charge is -2.09. The van der Waals surface area contributed by atoms with E-state index in [-0.39, 0.29) is 5.78 Å². The monoisotopic (exact) mass is 434 g/mol. The number of pyridine rings is 1. The first-order chi connectivity index (χ1) is 13.6. The number of carbonyl (C=O) groups excluding carboxylic acids is 1. The minimum Gasteiger partial charge on any atom is -0.340 e. The van der Waals surface area contributed by atoms with Crippen molar-refractivity contribution in [1.82, 2.24) is 24.6 Å². The second-order valence-corrected chi connectivity index (χ2v) is 6.85. The minimum absolute atomic E-state index is 0.0910. The van der Waals surface area contributed by atoms with Gasteiger partial charge >= 0.3 is 0 Å². The number of rotatable bonds is 5. The van der Waals surface area contributed by atoms with E-state index in [0.29, 0.717) is 17.0 Å². The second-order valence-electron chi connectivity index (χ2n) is 6.04. The summed E-state index contributed by atoms with van der Waals surface area (Å²) in [5, 5.41) is 7.45. The molecule has 3 aromatic heterocycles. The Morgan fingerprint density at radius 2 is 1.96 bits per heavy atom. The van der Waals surface area contributed by atoms with Gasteiger partial charge in [-0.1, -0.05) is 6.07 Å². The number of halogens is 1. The highest BCUT2D eigenvalue weighted by molar-refractivity contribution is 9.10. The summed E-state index contributed by atoms with van der Waals surface area (Å²) in [6.07, 6.45) is 4.67. The molecule has 4 rings (SSSR count). The van der Waals surface area contributed by atoms with Crippen molar-refractivity contribution in [2.45, 2.75) is 6.92 Å². The fourth-order valence-corrected chi connectivity index (χ4v) is 3.02. The van der Waals surface area contributed by atoms with Gasteiger partial charge in [0.2, 0.25) is 0 Å². The topological polar surface area (TPSA) is 85.1 Å². The van der Waals surface area contributed by atoms with Gasteiger partial charge in [-0.15, -0.1) is 0 Å². The van der Waals surface area contributed by atoms with E-state index < -0.39 is 0 Å². The molecule has 0 fully saturated rings. The van der Waals surface area contributed by atoms with Crippen LogP contribution in [0.4, 0.5) is 11.5 Å². The Labute approximate surface area is 169 Å². The SMILES string of the molecule is Cc1cc(Nc2ccc(C(=O)/C=C/c3cccc(Br)n3)cc2)n2ncnc2n1. The van der Waals surface area contributed by atoms with E-state index in [4.69, 9.17) is 0 Å². The van der Waals surface area contributed by atoms with E-state index in [1.54, 1.807) is 22.7 Å². The van der Waals surface area contributed by atoms with Crippen molar-refractivity contribution in [3.05, 3.63) is 82.5 Å². The number of allylic oxidation sites excluding steroid dienone is 1. The number of aromatic nitrogens is 5. The third-order valence-corrected chi connectivity index (χ3v) is 4.41. The molecule has 7 nitrogen and oxygen atoms in total. The zero-order valence-electron chi connectivity index (χ0n) is 14.9. The lowest BCUT2D eigenvalue weighted by Crippen LogP contribution is -2.03. The van der Waals surface area contributed by atoms with Crippen LogP contribution in [-0.2, 0) is 0 Å². The van der Waals surface area contributed by atoms with Crippen LogP contribution < -0.4 is 5.32 Å². The van der Waals surface area contributed by atoms with E-state index in [0.717, 1.165) is 21.8 Å². The summed E-state index contributed by atoms with van der Waals surface area (Å²) in [4.78, 5) is 25.1. The number of hydrogen-bond donors (Lipinski definition) is 1. The van der Waals surface area contributed by atoms with Crippen molar-refractivity contribution in [3.63, 3.8) is 0 Å². The molecule has 0 aliphatic heterocycles. The van der Waals surface area contributed by atoms with Crippen LogP contribution in [-0.4, -0.2) is 30.3 Å². The molecule has 0 unspecified atom stereocenters. The zero-order valence-corrected chi connectivity index (χ0v) is 16.5. The van der Waals surface area contributed by atoms with E-state index in [1.807, 2.05) is 43.3 Å². The summed E-state index contributed by atoms with van der Waals surface area (Å²) in [6, 6.07) is 14.7. The Morgan fingerprint density at radius 1 is 1.14 bits per heavy atom. The highest BCUT2D eigenvalue weighted by Gasteiger charge is 2.07. The number of fused-ring (bicyclic) bond motifs is 1. The first kappa shape index (κ1) is 18.0. The molecule has 0 amide bonds. The van der Waals surface area contributed by atoms with Crippen molar-refractivity contribution in [3.8, 4) is 0 Å². The molecule has 28 heavy (non-hydrogen) atoms. The normalized spacial score (nSPS) is 11.2. The van der Waals surface area contributed by atoms with Crippen molar-refractivity contribution < 1.29 is 4.79 Å². The van der Waals surface area contributed by atoms with E-state index in [2.05, 4.69) is 41.3 Å². The molecule has 0 aliphatic carbocycles. The molecule has 1 aromatic carbocycles. The Hall–Kier alpha value is -3.39. The molecular formula is C20H15BrN6O. The van der Waals surface area contributed by atoms with Crippen LogP contribution in [0.15, 0.2) is 65.5 Å². The van der Waals surface area contributed by atoms with Crippen LogP contribution in [0.1, 0.15) is 21.7 Å². The number of benzene rings is 1. The van der Waals surface area contributed by atoms with Crippen molar-refractivity contribution in [1.29, 1.82) is 0 Å². The molecule has 0 atom stereocenters. The average molecular weight is 435 g/mol. The van der Waals surface area contributed by atoms with Gasteiger partial charge in [-0.3, -0.25) is 4.79 Å². The Kier molecular flexibility index (Phi) is 4.94. The van der Waals surface area contributed by atoms with Gasteiger partial charge in [-0.2, -0.15) is 14.6 Å². The maximum absolute atomic E-state index is 12.4. The predicted octanol–water partition coefficient (Wildman–Crippen LogP) is 4.23. The van der Waals surface area contributed by atoms with E-state index >= 15 is 0 Å². The van der Waals surface area contributed by atoms with Gasteiger partial charge < -0.3 is 5.32 Å². The lowest BCUT2D eigenvalue weighted by atomic mass is 10.1. The van der Waals surface area contributed by atoms with Crippen LogP contribution in [0, 0.1) is 6.92 Å².